The Labute approximate surface area is 172 Å². The maximum absolute atomic E-state index is 5.68. The summed E-state index contributed by atoms with van der Waals surface area (Å²) < 4.78 is 13.1. The summed E-state index contributed by atoms with van der Waals surface area (Å²) >= 11 is 0. The normalized spacial score (nSPS) is 13.4. The highest BCUT2D eigenvalue weighted by Crippen LogP contribution is 2.40. The summed E-state index contributed by atoms with van der Waals surface area (Å²) in [5.74, 6) is 2.74. The molecule has 6 heteroatoms. The number of hydrogen-bond acceptors (Lipinski definition) is 5. The van der Waals surface area contributed by atoms with Crippen molar-refractivity contribution in [3.05, 3.63) is 35.2 Å². The van der Waals surface area contributed by atoms with Crippen LogP contribution in [0.4, 0.5) is 5.82 Å². The lowest BCUT2D eigenvalue weighted by atomic mass is 10.0. The summed E-state index contributed by atoms with van der Waals surface area (Å²) in [6.07, 6.45) is 3.27. The number of anilines is 1. The standard InChI is InChI=1S/C23H30N4O2/c1-7-16(8-2)26-12-11-18-14(3)24-22-21(15(4)25-27(22)23(18)26)19-10-9-17(28-5)13-20(19)29-6/h9-10,13,16H,7-8,11-12H2,1-6H3. The SMILES string of the molecule is CCC(CC)N1CCc2c(C)nc3c(-c4ccc(OC)cc4OC)c(C)nn3c21. The Morgan fingerprint density at radius 2 is 1.83 bits per heavy atom. The molecule has 1 aliphatic rings. The monoisotopic (exact) mass is 394 g/mol. The zero-order valence-corrected chi connectivity index (χ0v) is 18.2. The lowest BCUT2D eigenvalue weighted by Gasteiger charge is -2.28. The molecule has 0 saturated heterocycles. The fraction of sp³-hybridized carbons (Fsp3) is 0.478. The molecule has 2 aromatic heterocycles. The van der Waals surface area contributed by atoms with E-state index in [1.807, 2.05) is 25.1 Å². The third kappa shape index (κ3) is 3.02. The van der Waals surface area contributed by atoms with E-state index < -0.39 is 0 Å². The topological polar surface area (TPSA) is 51.9 Å². The number of benzene rings is 1. The number of aryl methyl sites for hydroxylation is 2. The first-order valence-electron chi connectivity index (χ1n) is 10.4. The number of nitrogens with zero attached hydrogens (tertiary/aromatic N) is 4. The van der Waals surface area contributed by atoms with E-state index in [0.717, 1.165) is 65.5 Å². The molecule has 0 unspecified atom stereocenters. The lowest BCUT2D eigenvalue weighted by Crippen LogP contribution is -2.34. The molecule has 3 aromatic rings. The first kappa shape index (κ1) is 19.6. The number of rotatable bonds is 6. The molecule has 0 saturated carbocycles. The highest BCUT2D eigenvalue weighted by molar-refractivity contribution is 5.85. The van der Waals surface area contributed by atoms with E-state index in [4.69, 9.17) is 19.6 Å². The zero-order chi connectivity index (χ0) is 20.7. The van der Waals surface area contributed by atoms with Crippen molar-refractivity contribution < 1.29 is 9.47 Å². The van der Waals surface area contributed by atoms with Crippen molar-refractivity contribution in [3.63, 3.8) is 0 Å². The molecule has 1 aromatic carbocycles. The Balaban J connectivity index is 1.97. The summed E-state index contributed by atoms with van der Waals surface area (Å²) in [7, 11) is 3.35. The van der Waals surface area contributed by atoms with E-state index in [0.29, 0.717) is 6.04 Å². The summed E-state index contributed by atoms with van der Waals surface area (Å²) in [6, 6.07) is 6.42. The van der Waals surface area contributed by atoms with Crippen molar-refractivity contribution in [1.29, 1.82) is 0 Å². The van der Waals surface area contributed by atoms with Crippen LogP contribution < -0.4 is 14.4 Å². The highest BCUT2D eigenvalue weighted by atomic mass is 16.5. The number of ether oxygens (including phenoxy) is 2. The van der Waals surface area contributed by atoms with E-state index in [9.17, 15) is 0 Å². The Bertz CT molecular complexity index is 1050. The van der Waals surface area contributed by atoms with E-state index in [2.05, 4.69) is 30.2 Å². The van der Waals surface area contributed by atoms with Crippen LogP contribution in [0.5, 0.6) is 11.5 Å². The van der Waals surface area contributed by atoms with Crippen LogP contribution in [0.15, 0.2) is 18.2 Å². The van der Waals surface area contributed by atoms with E-state index >= 15 is 0 Å². The predicted octanol–water partition coefficient (Wildman–Crippen LogP) is 4.58. The molecule has 154 valence electrons. The van der Waals surface area contributed by atoms with Gasteiger partial charge in [0.05, 0.1) is 25.5 Å². The highest BCUT2D eigenvalue weighted by Gasteiger charge is 2.31. The van der Waals surface area contributed by atoms with Crippen molar-refractivity contribution in [2.24, 2.45) is 0 Å². The molecule has 3 heterocycles. The summed E-state index contributed by atoms with van der Waals surface area (Å²) in [5, 5.41) is 4.95. The molecule has 0 atom stereocenters. The predicted molar refractivity (Wildman–Crippen MR) is 116 cm³/mol. The van der Waals surface area contributed by atoms with Gasteiger partial charge in [-0.2, -0.15) is 9.61 Å². The first-order chi connectivity index (χ1) is 14.0. The molecule has 0 fully saturated rings. The van der Waals surface area contributed by atoms with Gasteiger partial charge in [0.1, 0.15) is 17.3 Å². The van der Waals surface area contributed by atoms with Crippen molar-refractivity contribution >= 4 is 11.5 Å². The van der Waals surface area contributed by atoms with Gasteiger partial charge >= 0.3 is 0 Å². The first-order valence-corrected chi connectivity index (χ1v) is 10.4. The second kappa shape index (κ2) is 7.58. The minimum atomic E-state index is 0.518. The van der Waals surface area contributed by atoms with Crippen molar-refractivity contribution in [2.75, 3.05) is 25.7 Å². The quantitative estimate of drug-likeness (QED) is 0.612. The van der Waals surface area contributed by atoms with E-state index in [-0.39, 0.29) is 0 Å². The van der Waals surface area contributed by atoms with Crippen LogP contribution >= 0.6 is 0 Å². The molecule has 0 N–H and O–H groups in total. The lowest BCUT2D eigenvalue weighted by molar-refractivity contribution is 0.395. The number of fused-ring (bicyclic) bond motifs is 3. The molecular formula is C23H30N4O2. The summed E-state index contributed by atoms with van der Waals surface area (Å²) in [5.41, 5.74) is 6.26. The van der Waals surface area contributed by atoms with Gasteiger partial charge < -0.3 is 14.4 Å². The molecule has 0 amide bonds. The molecule has 29 heavy (non-hydrogen) atoms. The van der Waals surface area contributed by atoms with Crippen molar-refractivity contribution in [1.82, 2.24) is 14.6 Å². The van der Waals surface area contributed by atoms with Gasteiger partial charge in [-0.15, -0.1) is 0 Å². The summed E-state index contributed by atoms with van der Waals surface area (Å²) in [4.78, 5) is 7.52. The Kier molecular flexibility index (Phi) is 5.11. The van der Waals surface area contributed by atoms with Crippen LogP contribution in [0, 0.1) is 13.8 Å². The van der Waals surface area contributed by atoms with Crippen LogP contribution in [0.25, 0.3) is 16.8 Å². The van der Waals surface area contributed by atoms with Gasteiger partial charge in [-0.25, -0.2) is 4.98 Å². The van der Waals surface area contributed by atoms with Crippen molar-refractivity contribution in [2.45, 2.75) is 53.0 Å². The molecular weight excluding hydrogens is 364 g/mol. The largest absolute Gasteiger partial charge is 0.497 e. The third-order valence-electron chi connectivity index (χ3n) is 6.15. The van der Waals surface area contributed by atoms with Gasteiger partial charge in [0, 0.05) is 35.5 Å². The molecule has 1 aliphatic heterocycles. The molecule has 0 spiro atoms. The Hall–Kier alpha value is -2.76. The molecule has 0 radical (unpaired) electrons. The van der Waals surface area contributed by atoms with Crippen LogP contribution in [-0.2, 0) is 6.42 Å². The van der Waals surface area contributed by atoms with Crippen LogP contribution in [0.3, 0.4) is 0 Å². The molecule has 0 aliphatic carbocycles. The average Bonchev–Trinajstić information content (AvgIpc) is 3.30. The Morgan fingerprint density at radius 3 is 2.48 bits per heavy atom. The number of aromatic nitrogens is 3. The van der Waals surface area contributed by atoms with Gasteiger partial charge in [-0.1, -0.05) is 13.8 Å². The third-order valence-corrected chi connectivity index (χ3v) is 6.15. The average molecular weight is 395 g/mol. The van der Waals surface area contributed by atoms with E-state index in [1.54, 1.807) is 14.2 Å². The van der Waals surface area contributed by atoms with Crippen LogP contribution in [0.1, 0.15) is 43.6 Å². The fourth-order valence-corrected chi connectivity index (χ4v) is 4.61. The second-order valence-electron chi connectivity index (χ2n) is 7.68. The maximum Gasteiger partial charge on any atom is 0.165 e. The zero-order valence-electron chi connectivity index (χ0n) is 18.2. The van der Waals surface area contributed by atoms with Gasteiger partial charge in [0.2, 0.25) is 0 Å². The van der Waals surface area contributed by atoms with Gasteiger partial charge in [0.25, 0.3) is 0 Å². The minimum absolute atomic E-state index is 0.518. The maximum atomic E-state index is 5.68. The smallest absolute Gasteiger partial charge is 0.165 e. The van der Waals surface area contributed by atoms with Gasteiger partial charge in [-0.05, 0) is 45.2 Å². The van der Waals surface area contributed by atoms with E-state index in [1.165, 1.54) is 11.4 Å². The fourth-order valence-electron chi connectivity index (χ4n) is 4.61. The van der Waals surface area contributed by atoms with Crippen LogP contribution in [0.2, 0.25) is 0 Å². The van der Waals surface area contributed by atoms with Crippen LogP contribution in [-0.4, -0.2) is 41.4 Å². The molecule has 6 nitrogen and oxygen atoms in total. The number of hydrogen-bond donors (Lipinski definition) is 0. The van der Waals surface area contributed by atoms with Gasteiger partial charge in [-0.3, -0.25) is 0 Å². The molecule has 0 bridgehead atoms. The molecule has 4 rings (SSSR count). The second-order valence-corrected chi connectivity index (χ2v) is 7.68. The number of methoxy groups -OCH3 is 2. The van der Waals surface area contributed by atoms with Gasteiger partial charge in [0.15, 0.2) is 5.65 Å². The summed E-state index contributed by atoms with van der Waals surface area (Å²) in [6.45, 7) is 9.72. The van der Waals surface area contributed by atoms with Crippen molar-refractivity contribution in [3.8, 4) is 22.6 Å². The minimum Gasteiger partial charge on any atom is -0.497 e. The Morgan fingerprint density at radius 1 is 1.07 bits per heavy atom.